The van der Waals surface area contributed by atoms with Gasteiger partial charge < -0.3 is 14.6 Å². The third kappa shape index (κ3) is 1.42. The van der Waals surface area contributed by atoms with E-state index < -0.39 is 0 Å². The smallest absolute Gasteiger partial charge is 0.121 e. The monoisotopic (exact) mass is 228 g/mol. The number of aryl methyl sites for hydroxylation is 2. The number of hydrogen-bond acceptors (Lipinski definition) is 2. The summed E-state index contributed by atoms with van der Waals surface area (Å²) >= 11 is 0. The first-order chi connectivity index (χ1) is 8.20. The Morgan fingerprint density at radius 3 is 2.82 bits per heavy atom. The maximum Gasteiger partial charge on any atom is 0.121 e. The minimum atomic E-state index is 0.888. The second kappa shape index (κ2) is 3.55. The summed E-state index contributed by atoms with van der Waals surface area (Å²) in [5, 5.41) is 3.45. The van der Waals surface area contributed by atoms with Crippen molar-refractivity contribution in [2.24, 2.45) is 0 Å². The van der Waals surface area contributed by atoms with E-state index in [-0.39, 0.29) is 0 Å². The molecular formula is C14H16N2O. The van der Waals surface area contributed by atoms with Crippen molar-refractivity contribution in [2.75, 3.05) is 12.4 Å². The predicted octanol–water partition coefficient (Wildman–Crippen LogP) is 3.03. The van der Waals surface area contributed by atoms with Crippen LogP contribution >= 0.6 is 0 Å². The number of nitrogens with zero attached hydrogens (tertiary/aromatic N) is 1. The molecule has 0 amide bonds. The van der Waals surface area contributed by atoms with Crippen LogP contribution in [0.4, 0.5) is 5.69 Å². The van der Waals surface area contributed by atoms with Crippen molar-refractivity contribution in [1.29, 1.82) is 0 Å². The first-order valence-electron chi connectivity index (χ1n) is 5.81. The lowest BCUT2D eigenvalue weighted by molar-refractivity contribution is 0.414. The standard InChI is InChI=1S/C14H16N2O/c1-9-6-10(2)16-13-7-11(17-3)4-5-12(13)15-8-14(9)16/h4-7,15H,8H2,1-3H3. The fourth-order valence-corrected chi connectivity index (χ4v) is 2.56. The van der Waals surface area contributed by atoms with Gasteiger partial charge in [-0.3, -0.25) is 0 Å². The molecule has 1 aromatic heterocycles. The van der Waals surface area contributed by atoms with E-state index in [0.29, 0.717) is 0 Å². The molecule has 0 aliphatic carbocycles. The number of benzene rings is 1. The predicted molar refractivity (Wildman–Crippen MR) is 69.1 cm³/mol. The molecule has 1 aliphatic heterocycles. The van der Waals surface area contributed by atoms with Crippen molar-refractivity contribution in [3.05, 3.63) is 41.2 Å². The summed E-state index contributed by atoms with van der Waals surface area (Å²) in [6, 6.07) is 8.37. The molecule has 0 saturated heterocycles. The molecule has 0 saturated carbocycles. The molecule has 0 bridgehead atoms. The van der Waals surface area contributed by atoms with Crippen LogP contribution in [-0.2, 0) is 6.54 Å². The summed E-state index contributed by atoms with van der Waals surface area (Å²) in [4.78, 5) is 0. The zero-order chi connectivity index (χ0) is 12.0. The third-order valence-electron chi connectivity index (χ3n) is 3.40. The molecule has 0 atom stereocenters. The van der Waals surface area contributed by atoms with Gasteiger partial charge in [-0.15, -0.1) is 0 Å². The number of hydrogen-bond donors (Lipinski definition) is 1. The molecule has 2 heterocycles. The van der Waals surface area contributed by atoms with E-state index >= 15 is 0 Å². The summed E-state index contributed by atoms with van der Waals surface area (Å²) < 4.78 is 7.61. The first kappa shape index (κ1) is 10.3. The third-order valence-corrected chi connectivity index (χ3v) is 3.40. The summed E-state index contributed by atoms with van der Waals surface area (Å²) in [5.74, 6) is 0.893. The number of methoxy groups -OCH3 is 1. The van der Waals surface area contributed by atoms with Crippen LogP contribution in [0.15, 0.2) is 24.3 Å². The Bertz CT molecular complexity index is 584. The minimum absolute atomic E-state index is 0.888. The van der Waals surface area contributed by atoms with E-state index in [1.165, 1.54) is 22.6 Å². The highest BCUT2D eigenvalue weighted by atomic mass is 16.5. The van der Waals surface area contributed by atoms with Crippen molar-refractivity contribution in [3.63, 3.8) is 0 Å². The van der Waals surface area contributed by atoms with E-state index in [4.69, 9.17) is 4.74 Å². The van der Waals surface area contributed by atoms with Crippen LogP contribution in [0.2, 0.25) is 0 Å². The van der Waals surface area contributed by atoms with Crippen LogP contribution in [0.3, 0.4) is 0 Å². The fraction of sp³-hybridized carbons (Fsp3) is 0.286. The van der Waals surface area contributed by atoms with E-state index in [1.807, 2.05) is 6.07 Å². The Hall–Kier alpha value is -1.90. The average molecular weight is 228 g/mol. The van der Waals surface area contributed by atoms with Crippen LogP contribution in [0, 0.1) is 13.8 Å². The van der Waals surface area contributed by atoms with Gasteiger partial charge in [0.2, 0.25) is 0 Å². The normalized spacial score (nSPS) is 12.6. The number of fused-ring (bicyclic) bond motifs is 3. The number of rotatable bonds is 1. The van der Waals surface area contributed by atoms with E-state index in [1.54, 1.807) is 7.11 Å². The van der Waals surface area contributed by atoms with E-state index in [9.17, 15) is 0 Å². The summed E-state index contributed by atoms with van der Waals surface area (Å²) in [5.41, 5.74) is 6.29. The lowest BCUT2D eigenvalue weighted by atomic mass is 10.1. The highest BCUT2D eigenvalue weighted by Gasteiger charge is 2.19. The molecule has 17 heavy (non-hydrogen) atoms. The van der Waals surface area contributed by atoms with Crippen LogP contribution in [0.25, 0.3) is 5.69 Å². The molecule has 3 nitrogen and oxygen atoms in total. The van der Waals surface area contributed by atoms with Crippen molar-refractivity contribution >= 4 is 5.69 Å². The van der Waals surface area contributed by atoms with Crippen molar-refractivity contribution in [1.82, 2.24) is 4.57 Å². The lowest BCUT2D eigenvalue weighted by Gasteiger charge is -2.23. The molecule has 0 unspecified atom stereocenters. The molecule has 3 heteroatoms. The van der Waals surface area contributed by atoms with Gasteiger partial charge in [-0.2, -0.15) is 0 Å². The fourth-order valence-electron chi connectivity index (χ4n) is 2.56. The van der Waals surface area contributed by atoms with E-state index in [2.05, 4.69) is 41.9 Å². The molecule has 1 aromatic carbocycles. The summed E-state index contributed by atoms with van der Waals surface area (Å²) in [7, 11) is 1.70. The van der Waals surface area contributed by atoms with Crippen molar-refractivity contribution in [3.8, 4) is 11.4 Å². The van der Waals surface area contributed by atoms with Gasteiger partial charge in [0.15, 0.2) is 0 Å². The first-order valence-corrected chi connectivity index (χ1v) is 5.81. The van der Waals surface area contributed by atoms with Crippen LogP contribution in [0.5, 0.6) is 5.75 Å². The maximum absolute atomic E-state index is 5.30. The number of anilines is 1. The highest BCUT2D eigenvalue weighted by Crippen LogP contribution is 2.33. The molecule has 1 N–H and O–H groups in total. The minimum Gasteiger partial charge on any atom is -0.497 e. The largest absolute Gasteiger partial charge is 0.497 e. The van der Waals surface area contributed by atoms with Crippen molar-refractivity contribution in [2.45, 2.75) is 20.4 Å². The quantitative estimate of drug-likeness (QED) is 0.812. The van der Waals surface area contributed by atoms with Gasteiger partial charge in [0, 0.05) is 17.5 Å². The Morgan fingerprint density at radius 1 is 1.24 bits per heavy atom. The molecule has 0 fully saturated rings. The average Bonchev–Trinajstić information content (AvgIpc) is 2.64. The zero-order valence-electron chi connectivity index (χ0n) is 10.4. The molecule has 1 aliphatic rings. The maximum atomic E-state index is 5.30. The lowest BCUT2D eigenvalue weighted by Crippen LogP contribution is -2.16. The van der Waals surface area contributed by atoms with Gasteiger partial charge >= 0.3 is 0 Å². The molecular weight excluding hydrogens is 212 g/mol. The molecule has 3 rings (SSSR count). The molecule has 2 aromatic rings. The topological polar surface area (TPSA) is 26.2 Å². The summed E-state index contributed by atoms with van der Waals surface area (Å²) in [6.45, 7) is 5.19. The van der Waals surface area contributed by atoms with Crippen LogP contribution in [-0.4, -0.2) is 11.7 Å². The van der Waals surface area contributed by atoms with Gasteiger partial charge in [-0.05, 0) is 37.6 Å². The van der Waals surface area contributed by atoms with Crippen molar-refractivity contribution < 1.29 is 4.74 Å². The zero-order valence-corrected chi connectivity index (χ0v) is 10.4. The highest BCUT2D eigenvalue weighted by molar-refractivity contribution is 5.67. The Balaban J connectivity index is 2.27. The molecule has 0 spiro atoms. The second-order valence-electron chi connectivity index (χ2n) is 4.49. The SMILES string of the molecule is COc1ccc2c(c1)-n1c(C)cc(C)c1CN2. The Kier molecular flexibility index (Phi) is 2.15. The Labute approximate surface area is 101 Å². The van der Waals surface area contributed by atoms with Gasteiger partial charge in [0.1, 0.15) is 5.75 Å². The van der Waals surface area contributed by atoms with E-state index in [0.717, 1.165) is 18.0 Å². The van der Waals surface area contributed by atoms with Gasteiger partial charge in [-0.1, -0.05) is 0 Å². The Morgan fingerprint density at radius 2 is 2.06 bits per heavy atom. The van der Waals surface area contributed by atoms with Crippen LogP contribution in [0.1, 0.15) is 17.0 Å². The summed E-state index contributed by atoms with van der Waals surface area (Å²) in [6.07, 6.45) is 0. The van der Waals surface area contributed by atoms with Gasteiger partial charge in [-0.25, -0.2) is 0 Å². The molecule has 0 radical (unpaired) electrons. The molecule has 88 valence electrons. The van der Waals surface area contributed by atoms with Gasteiger partial charge in [0.25, 0.3) is 0 Å². The number of ether oxygens (including phenoxy) is 1. The van der Waals surface area contributed by atoms with Gasteiger partial charge in [0.05, 0.1) is 25.0 Å². The van der Waals surface area contributed by atoms with Crippen LogP contribution < -0.4 is 10.1 Å². The second-order valence-corrected chi connectivity index (χ2v) is 4.49. The number of nitrogens with one attached hydrogen (secondary N) is 1. The number of aromatic nitrogens is 1.